The van der Waals surface area contributed by atoms with E-state index in [9.17, 15) is 9.59 Å². The molecule has 0 bridgehead atoms. The normalized spacial score (nSPS) is 12.0. The van der Waals surface area contributed by atoms with E-state index in [2.05, 4.69) is 29.7 Å². The van der Waals surface area contributed by atoms with Gasteiger partial charge >= 0.3 is 0 Å². The summed E-state index contributed by atoms with van der Waals surface area (Å²) in [5, 5.41) is 9.15. The van der Waals surface area contributed by atoms with Gasteiger partial charge in [-0.05, 0) is 41.1 Å². The van der Waals surface area contributed by atoms with Gasteiger partial charge in [0, 0.05) is 16.5 Å². The summed E-state index contributed by atoms with van der Waals surface area (Å²) in [5.74, 6) is 0.703. The highest BCUT2D eigenvalue weighted by atomic mass is 16.5. The van der Waals surface area contributed by atoms with Gasteiger partial charge in [-0.2, -0.15) is 5.10 Å². The second-order valence-electron chi connectivity index (χ2n) is 9.20. The topological polar surface area (TPSA) is 79.8 Å². The van der Waals surface area contributed by atoms with Crippen molar-refractivity contribution in [2.45, 2.75) is 26.3 Å². The van der Waals surface area contributed by atoms with Gasteiger partial charge < -0.3 is 10.1 Å². The summed E-state index contributed by atoms with van der Waals surface area (Å²) < 4.78 is 5.98. The molecule has 0 spiro atoms. The van der Waals surface area contributed by atoms with Gasteiger partial charge in [0.05, 0.1) is 25.3 Å². The first-order valence-electron chi connectivity index (χ1n) is 12.4. The molecule has 2 N–H and O–H groups in total. The molecular weight excluding hydrogens is 462 g/mol. The number of nitrogens with zero attached hydrogens (tertiary/aromatic N) is 1. The highest BCUT2D eigenvalue weighted by molar-refractivity contribution is 6.02. The van der Waals surface area contributed by atoms with Crippen molar-refractivity contribution in [1.29, 1.82) is 0 Å². The fourth-order valence-electron chi connectivity index (χ4n) is 3.96. The molecule has 0 radical (unpaired) electrons. The Morgan fingerprint density at radius 1 is 0.838 bits per heavy atom. The fourth-order valence-corrected chi connectivity index (χ4v) is 3.96. The molecule has 6 nitrogen and oxygen atoms in total. The summed E-state index contributed by atoms with van der Waals surface area (Å²) in [5.41, 5.74) is 4.86. The number of hydrogen-bond donors (Lipinski definition) is 2. The minimum Gasteiger partial charge on any atom is -0.493 e. The first kappa shape index (κ1) is 25.6. The van der Waals surface area contributed by atoms with Crippen molar-refractivity contribution in [2.75, 3.05) is 6.61 Å². The van der Waals surface area contributed by atoms with Crippen molar-refractivity contribution in [3.8, 4) is 5.75 Å². The highest BCUT2D eigenvalue weighted by Gasteiger charge is 2.19. The maximum atomic E-state index is 12.8. The number of fused-ring (bicyclic) bond motifs is 1. The van der Waals surface area contributed by atoms with Gasteiger partial charge in [0.1, 0.15) is 5.75 Å². The van der Waals surface area contributed by atoms with Crippen molar-refractivity contribution in [2.24, 2.45) is 11.0 Å². The Bertz CT molecular complexity index is 1370. The lowest BCUT2D eigenvalue weighted by Gasteiger charge is -2.18. The van der Waals surface area contributed by atoms with Gasteiger partial charge in [0.25, 0.3) is 5.91 Å². The molecule has 0 fully saturated rings. The predicted octanol–water partition coefficient (Wildman–Crippen LogP) is 5.89. The summed E-state index contributed by atoms with van der Waals surface area (Å²) in [6.07, 6.45) is 1.68. The number of nitrogens with one attached hydrogen (secondary N) is 2. The number of hydrazone groups is 1. The monoisotopic (exact) mass is 493 g/mol. The van der Waals surface area contributed by atoms with Crippen LogP contribution >= 0.6 is 0 Å². The Labute approximate surface area is 217 Å². The number of benzene rings is 4. The van der Waals surface area contributed by atoms with Gasteiger partial charge in [-0.1, -0.05) is 86.6 Å². The number of carbonyl (C=O) groups excluding carboxylic acids is 2. The van der Waals surface area contributed by atoms with Crippen molar-refractivity contribution >= 4 is 28.8 Å². The van der Waals surface area contributed by atoms with Crippen LogP contribution < -0.4 is 15.5 Å². The summed E-state index contributed by atoms with van der Waals surface area (Å²) in [4.78, 5) is 25.6. The lowest BCUT2D eigenvalue weighted by molar-refractivity contribution is -0.121. The van der Waals surface area contributed by atoms with Crippen LogP contribution in [0.25, 0.3) is 10.8 Å². The van der Waals surface area contributed by atoms with E-state index in [1.165, 1.54) is 0 Å². The third-order valence-electron chi connectivity index (χ3n) is 5.82. The number of ether oxygens (including phenoxy) is 1. The Morgan fingerprint density at radius 3 is 2.19 bits per heavy atom. The van der Waals surface area contributed by atoms with Crippen molar-refractivity contribution in [3.63, 3.8) is 0 Å². The molecule has 0 heterocycles. The maximum Gasteiger partial charge on any atom is 0.251 e. The van der Waals surface area contributed by atoms with E-state index >= 15 is 0 Å². The zero-order chi connectivity index (χ0) is 26.0. The van der Waals surface area contributed by atoms with Crippen LogP contribution in [-0.4, -0.2) is 24.6 Å². The molecule has 4 aromatic carbocycles. The fraction of sp³-hybridized carbons (Fsp3) is 0.194. The number of carbonyl (C=O) groups is 2. The van der Waals surface area contributed by atoms with Crippen LogP contribution in [0.3, 0.4) is 0 Å². The Morgan fingerprint density at radius 2 is 1.49 bits per heavy atom. The smallest absolute Gasteiger partial charge is 0.251 e. The molecule has 4 aromatic rings. The average Bonchev–Trinajstić information content (AvgIpc) is 2.93. The van der Waals surface area contributed by atoms with Crippen LogP contribution in [-0.2, 0) is 4.79 Å². The summed E-state index contributed by atoms with van der Waals surface area (Å²) in [6, 6.07) is 29.7. The minimum atomic E-state index is -0.498. The molecular formula is C31H31N3O3. The first-order chi connectivity index (χ1) is 18.0. The van der Waals surface area contributed by atoms with Crippen LogP contribution in [0, 0.1) is 5.92 Å². The van der Waals surface area contributed by atoms with Gasteiger partial charge in [-0.3, -0.25) is 9.59 Å². The van der Waals surface area contributed by atoms with Crippen molar-refractivity contribution in [3.05, 3.63) is 114 Å². The van der Waals surface area contributed by atoms with E-state index < -0.39 is 6.04 Å². The second kappa shape index (κ2) is 12.5. The summed E-state index contributed by atoms with van der Waals surface area (Å²) >= 11 is 0. The van der Waals surface area contributed by atoms with E-state index in [0.29, 0.717) is 18.1 Å². The quantitative estimate of drug-likeness (QED) is 0.214. The predicted molar refractivity (Wildman–Crippen MR) is 148 cm³/mol. The minimum absolute atomic E-state index is 0.0443. The van der Waals surface area contributed by atoms with Gasteiger partial charge in [0.15, 0.2) is 0 Å². The summed E-state index contributed by atoms with van der Waals surface area (Å²) in [6.45, 7) is 4.86. The average molecular weight is 494 g/mol. The van der Waals surface area contributed by atoms with E-state index in [1.807, 2.05) is 72.8 Å². The highest BCUT2D eigenvalue weighted by Crippen LogP contribution is 2.28. The SMILES string of the molecule is CC(C)COc1ccc(/C=N\NC(=O)C[C@H](NC(=O)c2ccccc2)c2ccccc2)c2ccccc12. The molecule has 188 valence electrons. The zero-order valence-corrected chi connectivity index (χ0v) is 21.1. The Balaban J connectivity index is 1.45. The first-order valence-corrected chi connectivity index (χ1v) is 12.4. The molecule has 0 aliphatic rings. The van der Waals surface area contributed by atoms with Crippen LogP contribution in [0.15, 0.2) is 102 Å². The molecule has 0 saturated carbocycles. The van der Waals surface area contributed by atoms with Gasteiger partial charge in [-0.15, -0.1) is 0 Å². The van der Waals surface area contributed by atoms with E-state index in [1.54, 1.807) is 30.5 Å². The molecule has 37 heavy (non-hydrogen) atoms. The third-order valence-corrected chi connectivity index (χ3v) is 5.82. The molecule has 4 rings (SSSR count). The lowest BCUT2D eigenvalue weighted by atomic mass is 10.0. The number of amides is 2. The second-order valence-corrected chi connectivity index (χ2v) is 9.20. The van der Waals surface area contributed by atoms with E-state index in [-0.39, 0.29) is 18.2 Å². The summed E-state index contributed by atoms with van der Waals surface area (Å²) in [7, 11) is 0. The van der Waals surface area contributed by atoms with E-state index in [4.69, 9.17) is 4.74 Å². The maximum absolute atomic E-state index is 12.8. The number of hydrogen-bond acceptors (Lipinski definition) is 4. The van der Waals surface area contributed by atoms with Crippen LogP contribution in [0.2, 0.25) is 0 Å². The standard InChI is InChI=1S/C31H31N3O3/c1-22(2)21-37-29-18-17-25(26-15-9-10-16-27(26)29)20-32-34-30(35)19-28(23-11-5-3-6-12-23)33-31(36)24-13-7-4-8-14-24/h3-18,20,22,28H,19,21H2,1-2H3,(H,33,36)(H,34,35)/b32-20-/t28-/m0/s1. The van der Waals surface area contributed by atoms with Gasteiger partial charge in [-0.25, -0.2) is 5.43 Å². The largest absolute Gasteiger partial charge is 0.493 e. The van der Waals surface area contributed by atoms with Crippen LogP contribution in [0.1, 0.15) is 47.8 Å². The molecule has 2 amide bonds. The zero-order valence-electron chi connectivity index (χ0n) is 21.1. The lowest BCUT2D eigenvalue weighted by Crippen LogP contribution is -2.32. The molecule has 0 saturated heterocycles. The Kier molecular flexibility index (Phi) is 8.66. The third kappa shape index (κ3) is 7.04. The van der Waals surface area contributed by atoms with E-state index in [0.717, 1.165) is 27.6 Å². The van der Waals surface area contributed by atoms with Crippen LogP contribution in [0.5, 0.6) is 5.75 Å². The molecule has 0 aliphatic carbocycles. The number of rotatable bonds is 10. The molecule has 0 unspecified atom stereocenters. The Hall–Kier alpha value is -4.45. The molecule has 6 heteroatoms. The van der Waals surface area contributed by atoms with Gasteiger partial charge in [0.2, 0.25) is 5.91 Å². The molecule has 1 atom stereocenters. The molecule has 0 aromatic heterocycles. The van der Waals surface area contributed by atoms with Crippen molar-refractivity contribution in [1.82, 2.24) is 10.7 Å². The van der Waals surface area contributed by atoms with Crippen LogP contribution in [0.4, 0.5) is 0 Å². The molecule has 0 aliphatic heterocycles. The van der Waals surface area contributed by atoms with Crippen molar-refractivity contribution < 1.29 is 14.3 Å².